The van der Waals surface area contributed by atoms with Crippen LogP contribution in [0, 0.1) is 0 Å². The molecule has 1 aromatic carbocycles. The minimum Gasteiger partial charge on any atom is -0.343 e. The third-order valence-electron chi connectivity index (χ3n) is 6.05. The van der Waals surface area contributed by atoms with Gasteiger partial charge < -0.3 is 9.88 Å². The van der Waals surface area contributed by atoms with Gasteiger partial charge in [0, 0.05) is 25.4 Å². The standard InChI is InChI=1S/C23H30N6O2/c1-2-3-4-8-11-19(30)28-14-12-18(13-15-28)21-24-22-20(23(31)25-21)26-27-29(22)16-17-9-6-5-7-10-17/h5-7,9-10,18H,2-4,8,11-16H2,1H3,(H,24,25,31). The van der Waals surface area contributed by atoms with Gasteiger partial charge in [0.05, 0.1) is 6.54 Å². The molecule has 4 rings (SSSR count). The van der Waals surface area contributed by atoms with Gasteiger partial charge in [0.15, 0.2) is 11.2 Å². The maximum absolute atomic E-state index is 12.6. The number of carbonyl (C=O) groups is 1. The highest BCUT2D eigenvalue weighted by Crippen LogP contribution is 2.26. The molecule has 0 unspecified atom stereocenters. The Balaban J connectivity index is 1.44. The van der Waals surface area contributed by atoms with Crippen LogP contribution in [0.15, 0.2) is 35.1 Å². The summed E-state index contributed by atoms with van der Waals surface area (Å²) in [7, 11) is 0. The number of hydrogen-bond acceptors (Lipinski definition) is 5. The summed E-state index contributed by atoms with van der Waals surface area (Å²) in [6.45, 7) is 4.10. The van der Waals surface area contributed by atoms with E-state index in [1.54, 1.807) is 4.68 Å². The molecule has 0 spiro atoms. The van der Waals surface area contributed by atoms with Crippen LogP contribution >= 0.6 is 0 Å². The van der Waals surface area contributed by atoms with Gasteiger partial charge in [-0.3, -0.25) is 9.59 Å². The van der Waals surface area contributed by atoms with Crippen molar-refractivity contribution in [1.29, 1.82) is 0 Å². The predicted octanol–water partition coefficient (Wildman–Crippen LogP) is 3.24. The number of unbranched alkanes of at least 4 members (excludes halogenated alkanes) is 3. The molecule has 8 heteroatoms. The molecule has 1 amide bonds. The lowest BCUT2D eigenvalue weighted by atomic mass is 9.95. The van der Waals surface area contributed by atoms with Gasteiger partial charge in [0.2, 0.25) is 5.91 Å². The lowest BCUT2D eigenvalue weighted by Crippen LogP contribution is -2.38. The Hall–Kier alpha value is -3.03. The summed E-state index contributed by atoms with van der Waals surface area (Å²) in [5, 5.41) is 8.18. The number of likely N-dealkylation sites (tertiary alicyclic amines) is 1. The molecule has 0 saturated carbocycles. The number of fused-ring (bicyclic) bond motifs is 1. The zero-order valence-electron chi connectivity index (χ0n) is 18.1. The van der Waals surface area contributed by atoms with E-state index in [1.165, 1.54) is 12.8 Å². The molecule has 1 saturated heterocycles. The maximum atomic E-state index is 12.6. The maximum Gasteiger partial charge on any atom is 0.281 e. The third-order valence-corrected chi connectivity index (χ3v) is 6.05. The molecule has 0 aliphatic carbocycles. The number of aromatic amines is 1. The van der Waals surface area contributed by atoms with Crippen molar-refractivity contribution in [2.75, 3.05) is 13.1 Å². The molecule has 31 heavy (non-hydrogen) atoms. The molecule has 0 radical (unpaired) electrons. The lowest BCUT2D eigenvalue weighted by molar-refractivity contribution is -0.132. The highest BCUT2D eigenvalue weighted by molar-refractivity contribution is 5.76. The number of amides is 1. The Morgan fingerprint density at radius 1 is 1.13 bits per heavy atom. The number of H-pyrrole nitrogens is 1. The van der Waals surface area contributed by atoms with Crippen molar-refractivity contribution in [2.24, 2.45) is 0 Å². The van der Waals surface area contributed by atoms with E-state index >= 15 is 0 Å². The van der Waals surface area contributed by atoms with E-state index in [4.69, 9.17) is 4.98 Å². The molecular weight excluding hydrogens is 392 g/mol. The molecule has 0 bridgehead atoms. The van der Waals surface area contributed by atoms with Crippen molar-refractivity contribution in [2.45, 2.75) is 64.3 Å². The van der Waals surface area contributed by atoms with Crippen molar-refractivity contribution in [1.82, 2.24) is 29.9 Å². The van der Waals surface area contributed by atoms with E-state index in [-0.39, 0.29) is 22.9 Å². The van der Waals surface area contributed by atoms with E-state index in [0.717, 1.165) is 31.2 Å². The van der Waals surface area contributed by atoms with Crippen molar-refractivity contribution in [3.05, 3.63) is 52.1 Å². The van der Waals surface area contributed by atoms with Gasteiger partial charge >= 0.3 is 0 Å². The number of rotatable bonds is 8. The Labute approximate surface area is 181 Å². The number of piperidine rings is 1. The Kier molecular flexibility index (Phi) is 6.74. The average molecular weight is 423 g/mol. The van der Waals surface area contributed by atoms with Crippen LogP contribution in [0.25, 0.3) is 11.2 Å². The third kappa shape index (κ3) is 5.00. The minimum atomic E-state index is -0.256. The number of carbonyl (C=O) groups excluding carboxylic acids is 1. The summed E-state index contributed by atoms with van der Waals surface area (Å²) in [4.78, 5) is 34.6. The lowest BCUT2D eigenvalue weighted by Gasteiger charge is -2.31. The molecule has 164 valence electrons. The number of benzene rings is 1. The minimum absolute atomic E-state index is 0.126. The molecule has 2 aromatic heterocycles. The SMILES string of the molecule is CCCCCCC(=O)N1CCC(c2nc3c(nnn3Cc3ccccc3)c(=O)[nH]2)CC1. The summed E-state index contributed by atoms with van der Waals surface area (Å²) in [5.41, 5.74) is 1.59. The first-order valence-electron chi connectivity index (χ1n) is 11.3. The second-order valence-electron chi connectivity index (χ2n) is 8.32. The van der Waals surface area contributed by atoms with Crippen LogP contribution < -0.4 is 5.56 Å². The van der Waals surface area contributed by atoms with Crippen molar-refractivity contribution >= 4 is 17.1 Å². The molecule has 1 aliphatic rings. The number of nitrogens with zero attached hydrogens (tertiary/aromatic N) is 5. The van der Waals surface area contributed by atoms with Crippen LogP contribution in [0.2, 0.25) is 0 Å². The van der Waals surface area contributed by atoms with Crippen LogP contribution in [-0.4, -0.2) is 48.9 Å². The molecule has 1 N–H and O–H groups in total. The molecular formula is C23H30N6O2. The van der Waals surface area contributed by atoms with Crippen LogP contribution in [-0.2, 0) is 11.3 Å². The molecule has 8 nitrogen and oxygen atoms in total. The summed E-state index contributed by atoms with van der Waals surface area (Å²) in [6, 6.07) is 9.93. The van der Waals surface area contributed by atoms with E-state index in [0.29, 0.717) is 37.5 Å². The van der Waals surface area contributed by atoms with Gasteiger partial charge in [0.25, 0.3) is 5.56 Å². The van der Waals surface area contributed by atoms with Crippen molar-refractivity contribution < 1.29 is 4.79 Å². The predicted molar refractivity (Wildman–Crippen MR) is 119 cm³/mol. The summed E-state index contributed by atoms with van der Waals surface area (Å²) >= 11 is 0. The first-order valence-corrected chi connectivity index (χ1v) is 11.3. The van der Waals surface area contributed by atoms with Crippen LogP contribution in [0.4, 0.5) is 0 Å². The van der Waals surface area contributed by atoms with Gasteiger partial charge in [-0.2, -0.15) is 0 Å². The molecule has 1 fully saturated rings. The first-order chi connectivity index (χ1) is 15.2. The fourth-order valence-electron chi connectivity index (χ4n) is 4.20. The Morgan fingerprint density at radius 2 is 1.90 bits per heavy atom. The van der Waals surface area contributed by atoms with Gasteiger partial charge in [-0.1, -0.05) is 61.7 Å². The first kappa shape index (κ1) is 21.2. The van der Waals surface area contributed by atoms with Gasteiger partial charge in [-0.15, -0.1) is 5.10 Å². The Morgan fingerprint density at radius 3 is 2.65 bits per heavy atom. The molecule has 0 atom stereocenters. The van der Waals surface area contributed by atoms with Gasteiger partial charge in [-0.05, 0) is 24.8 Å². The number of aromatic nitrogens is 5. The topological polar surface area (TPSA) is 96.8 Å². The fourth-order valence-corrected chi connectivity index (χ4v) is 4.20. The van der Waals surface area contributed by atoms with E-state index in [9.17, 15) is 9.59 Å². The molecule has 3 heterocycles. The average Bonchev–Trinajstić information content (AvgIpc) is 3.20. The van der Waals surface area contributed by atoms with E-state index in [1.807, 2.05) is 35.2 Å². The van der Waals surface area contributed by atoms with Crippen LogP contribution in [0.5, 0.6) is 0 Å². The van der Waals surface area contributed by atoms with Gasteiger partial charge in [0.1, 0.15) is 5.82 Å². The summed E-state index contributed by atoms with van der Waals surface area (Å²) in [5.74, 6) is 1.04. The van der Waals surface area contributed by atoms with E-state index in [2.05, 4.69) is 22.2 Å². The second kappa shape index (κ2) is 9.85. The monoisotopic (exact) mass is 422 g/mol. The molecule has 1 aliphatic heterocycles. The Bertz CT molecular complexity index is 1070. The fraction of sp³-hybridized carbons (Fsp3) is 0.522. The normalized spacial score (nSPS) is 14.9. The van der Waals surface area contributed by atoms with Crippen LogP contribution in [0.3, 0.4) is 0 Å². The second-order valence-corrected chi connectivity index (χ2v) is 8.32. The highest BCUT2D eigenvalue weighted by Gasteiger charge is 2.26. The van der Waals surface area contributed by atoms with E-state index < -0.39 is 0 Å². The van der Waals surface area contributed by atoms with Crippen molar-refractivity contribution in [3.63, 3.8) is 0 Å². The quantitative estimate of drug-likeness (QED) is 0.562. The zero-order chi connectivity index (χ0) is 21.6. The molecule has 3 aromatic rings. The van der Waals surface area contributed by atoms with Gasteiger partial charge in [-0.25, -0.2) is 9.67 Å². The zero-order valence-corrected chi connectivity index (χ0v) is 18.1. The summed E-state index contributed by atoms with van der Waals surface area (Å²) in [6.07, 6.45) is 6.69. The largest absolute Gasteiger partial charge is 0.343 e. The van der Waals surface area contributed by atoms with Crippen molar-refractivity contribution in [3.8, 4) is 0 Å². The summed E-state index contributed by atoms with van der Waals surface area (Å²) < 4.78 is 1.68. The van der Waals surface area contributed by atoms with Crippen LogP contribution in [0.1, 0.15) is 69.2 Å². The number of hydrogen-bond donors (Lipinski definition) is 1. The number of nitrogens with one attached hydrogen (secondary N) is 1. The highest BCUT2D eigenvalue weighted by atomic mass is 16.2. The smallest absolute Gasteiger partial charge is 0.281 e.